The Morgan fingerprint density at radius 3 is 1.90 bits per heavy atom. The molecule has 2 amide bonds. The van der Waals surface area contributed by atoms with Crippen molar-refractivity contribution in [1.82, 2.24) is 5.32 Å². The molecule has 4 nitrogen and oxygen atoms in total. The number of rotatable bonds is 5. The van der Waals surface area contributed by atoms with Crippen LogP contribution in [0.2, 0.25) is 5.02 Å². The van der Waals surface area contributed by atoms with Crippen LogP contribution >= 0.6 is 11.6 Å². The van der Waals surface area contributed by atoms with Crippen molar-refractivity contribution in [2.75, 3.05) is 18.5 Å². The lowest BCUT2D eigenvalue weighted by Crippen LogP contribution is -2.32. The Morgan fingerprint density at radius 1 is 0.933 bits per heavy atom. The lowest BCUT2D eigenvalue weighted by atomic mass is 10.0. The fourth-order valence-electron chi connectivity index (χ4n) is 2.45. The molecule has 2 aromatic rings. The van der Waals surface area contributed by atoms with Crippen molar-refractivity contribution < 1.29 is 35.9 Å². The van der Waals surface area contributed by atoms with E-state index in [2.05, 4.69) is 5.32 Å². The van der Waals surface area contributed by atoms with Crippen LogP contribution in [0.5, 0.6) is 0 Å². The van der Waals surface area contributed by atoms with E-state index >= 15 is 0 Å². The molecule has 0 aromatic heterocycles. The highest BCUT2D eigenvalue weighted by Crippen LogP contribution is 2.36. The first-order valence-corrected chi connectivity index (χ1v) is 8.76. The van der Waals surface area contributed by atoms with Crippen molar-refractivity contribution in [3.63, 3.8) is 0 Å². The fourth-order valence-corrected chi connectivity index (χ4v) is 2.57. The average Bonchev–Trinajstić information content (AvgIpc) is 2.66. The number of hydrogen-bond donors (Lipinski definition) is 1. The van der Waals surface area contributed by atoms with Crippen molar-refractivity contribution in [2.24, 2.45) is 0 Å². The van der Waals surface area contributed by atoms with Crippen LogP contribution in [0.1, 0.15) is 27.9 Å². The molecule has 0 atom stereocenters. The summed E-state index contributed by atoms with van der Waals surface area (Å²) in [4.78, 5) is 25.5. The Bertz CT molecular complexity index is 894. The number of anilines is 1. The SMILES string of the molecule is CN(C(=O)CCNC(=O)c1cc(C(F)(F)F)cc(C(F)(F)F)c1)c1ccc(Cl)cc1. The predicted molar refractivity (Wildman–Crippen MR) is 98.3 cm³/mol. The molecule has 0 aliphatic heterocycles. The maximum absolute atomic E-state index is 12.9. The predicted octanol–water partition coefficient (Wildman–Crippen LogP) is 5.16. The Balaban J connectivity index is 2.07. The number of hydrogen-bond acceptors (Lipinski definition) is 2. The zero-order valence-electron chi connectivity index (χ0n) is 15.4. The van der Waals surface area contributed by atoms with Gasteiger partial charge in [0, 0.05) is 36.3 Å². The van der Waals surface area contributed by atoms with Gasteiger partial charge >= 0.3 is 12.4 Å². The monoisotopic (exact) mass is 452 g/mol. The number of amides is 2. The first-order valence-electron chi connectivity index (χ1n) is 8.39. The van der Waals surface area contributed by atoms with E-state index in [1.54, 1.807) is 24.3 Å². The van der Waals surface area contributed by atoms with Gasteiger partial charge in [-0.15, -0.1) is 0 Å². The largest absolute Gasteiger partial charge is 0.416 e. The summed E-state index contributed by atoms with van der Waals surface area (Å²) in [7, 11) is 1.47. The second-order valence-electron chi connectivity index (χ2n) is 6.23. The Hall–Kier alpha value is -2.75. The maximum Gasteiger partial charge on any atom is 0.416 e. The van der Waals surface area contributed by atoms with Crippen molar-refractivity contribution in [2.45, 2.75) is 18.8 Å². The van der Waals surface area contributed by atoms with Gasteiger partial charge in [-0.25, -0.2) is 0 Å². The molecular weight excluding hydrogens is 438 g/mol. The minimum atomic E-state index is -5.06. The van der Waals surface area contributed by atoms with Crippen molar-refractivity contribution in [1.29, 1.82) is 0 Å². The summed E-state index contributed by atoms with van der Waals surface area (Å²) in [6.07, 6.45) is -10.4. The van der Waals surface area contributed by atoms with Crippen LogP contribution in [0, 0.1) is 0 Å². The number of carbonyl (C=O) groups is 2. The van der Waals surface area contributed by atoms with Crippen LogP contribution in [0.15, 0.2) is 42.5 Å². The van der Waals surface area contributed by atoms with Crippen LogP contribution in [0.25, 0.3) is 0 Å². The van der Waals surface area contributed by atoms with Gasteiger partial charge in [0.05, 0.1) is 11.1 Å². The quantitative estimate of drug-likeness (QED) is 0.637. The van der Waals surface area contributed by atoms with Gasteiger partial charge in [0.15, 0.2) is 0 Å². The standard InChI is InChI=1S/C19H15ClF6N2O2/c1-28(15-4-2-14(20)3-5-15)16(29)6-7-27-17(30)11-8-12(18(21,22)23)10-13(9-11)19(24,25)26/h2-5,8-10H,6-7H2,1H3,(H,27,30). The molecule has 2 rings (SSSR count). The number of nitrogens with one attached hydrogen (secondary N) is 1. The van der Waals surface area contributed by atoms with E-state index in [4.69, 9.17) is 11.6 Å². The van der Waals surface area contributed by atoms with E-state index in [1.165, 1.54) is 11.9 Å². The fraction of sp³-hybridized carbons (Fsp3) is 0.263. The molecule has 2 aromatic carbocycles. The van der Waals surface area contributed by atoms with E-state index < -0.39 is 40.9 Å². The molecule has 0 fully saturated rings. The lowest BCUT2D eigenvalue weighted by molar-refractivity contribution is -0.143. The highest BCUT2D eigenvalue weighted by Gasteiger charge is 2.37. The minimum Gasteiger partial charge on any atom is -0.352 e. The highest BCUT2D eigenvalue weighted by molar-refractivity contribution is 6.30. The molecular formula is C19H15ClF6N2O2. The third-order valence-electron chi connectivity index (χ3n) is 4.06. The van der Waals surface area contributed by atoms with Gasteiger partial charge in [-0.1, -0.05) is 11.6 Å². The molecule has 162 valence electrons. The van der Waals surface area contributed by atoms with E-state index in [0.717, 1.165) is 0 Å². The Morgan fingerprint density at radius 2 is 1.43 bits per heavy atom. The van der Waals surface area contributed by atoms with E-state index in [-0.39, 0.29) is 19.0 Å². The van der Waals surface area contributed by atoms with Gasteiger partial charge in [0.25, 0.3) is 5.91 Å². The van der Waals surface area contributed by atoms with E-state index in [0.29, 0.717) is 22.8 Å². The van der Waals surface area contributed by atoms with Crippen LogP contribution in [-0.2, 0) is 17.1 Å². The molecule has 0 bridgehead atoms. The van der Waals surface area contributed by atoms with Crippen LogP contribution in [0.4, 0.5) is 32.0 Å². The molecule has 0 aliphatic carbocycles. The molecule has 0 saturated carbocycles. The number of halogens is 7. The second kappa shape index (κ2) is 8.95. The summed E-state index contributed by atoms with van der Waals surface area (Å²) in [6.45, 7) is -0.285. The van der Waals surface area contributed by atoms with E-state index in [1.807, 2.05) is 0 Å². The van der Waals surface area contributed by atoms with Crippen molar-refractivity contribution in [3.05, 3.63) is 64.2 Å². The van der Waals surface area contributed by atoms with Gasteiger partial charge in [-0.05, 0) is 42.5 Å². The van der Waals surface area contributed by atoms with Crippen LogP contribution in [0.3, 0.4) is 0 Å². The first kappa shape index (κ1) is 23.5. The Labute approximate surface area is 172 Å². The van der Waals surface area contributed by atoms with Gasteiger partial charge < -0.3 is 10.2 Å². The summed E-state index contributed by atoms with van der Waals surface area (Å²) in [5.41, 5.74) is -3.49. The van der Waals surface area contributed by atoms with Gasteiger partial charge in [-0.3, -0.25) is 9.59 Å². The van der Waals surface area contributed by atoms with Gasteiger partial charge in [0.2, 0.25) is 5.91 Å². The molecule has 1 N–H and O–H groups in total. The highest BCUT2D eigenvalue weighted by atomic mass is 35.5. The normalized spacial score (nSPS) is 11.9. The minimum absolute atomic E-state index is 0.0681. The summed E-state index contributed by atoms with van der Waals surface area (Å²) in [5.74, 6) is -1.59. The number of alkyl halides is 6. The molecule has 0 radical (unpaired) electrons. The summed E-state index contributed by atoms with van der Waals surface area (Å²) in [6, 6.07) is 6.88. The lowest BCUT2D eigenvalue weighted by Gasteiger charge is -2.18. The zero-order valence-corrected chi connectivity index (χ0v) is 16.1. The van der Waals surface area contributed by atoms with Crippen LogP contribution in [-0.4, -0.2) is 25.4 Å². The number of benzene rings is 2. The summed E-state index contributed by atoms with van der Waals surface area (Å²) >= 11 is 5.76. The molecule has 0 heterocycles. The van der Waals surface area contributed by atoms with Crippen molar-refractivity contribution in [3.8, 4) is 0 Å². The molecule has 0 aliphatic rings. The molecule has 0 spiro atoms. The third kappa shape index (κ3) is 6.12. The molecule has 11 heteroatoms. The average molecular weight is 453 g/mol. The van der Waals surface area contributed by atoms with Gasteiger partial charge in [-0.2, -0.15) is 26.3 Å². The second-order valence-corrected chi connectivity index (χ2v) is 6.67. The third-order valence-corrected chi connectivity index (χ3v) is 4.31. The smallest absolute Gasteiger partial charge is 0.352 e. The van der Waals surface area contributed by atoms with Gasteiger partial charge in [0.1, 0.15) is 0 Å². The molecule has 30 heavy (non-hydrogen) atoms. The van der Waals surface area contributed by atoms with E-state index in [9.17, 15) is 35.9 Å². The summed E-state index contributed by atoms with van der Waals surface area (Å²) in [5, 5.41) is 2.62. The maximum atomic E-state index is 12.9. The molecule has 0 unspecified atom stereocenters. The van der Waals surface area contributed by atoms with Crippen molar-refractivity contribution >= 4 is 29.1 Å². The van der Waals surface area contributed by atoms with Crippen LogP contribution < -0.4 is 10.2 Å². The first-order chi connectivity index (χ1) is 13.8. The Kier molecular flexibility index (Phi) is 7.02. The molecule has 0 saturated heterocycles. The topological polar surface area (TPSA) is 49.4 Å². The number of nitrogens with zero attached hydrogens (tertiary/aromatic N) is 1. The zero-order chi connectivity index (χ0) is 22.7. The summed E-state index contributed by atoms with van der Waals surface area (Å²) < 4.78 is 77.2. The number of carbonyl (C=O) groups excluding carboxylic acids is 2.